The third-order valence-electron chi connectivity index (χ3n) is 7.82. The summed E-state index contributed by atoms with van der Waals surface area (Å²) in [4.78, 5) is 27.7. The third-order valence-corrected chi connectivity index (χ3v) is 8.42. The third kappa shape index (κ3) is 9.37. The highest BCUT2D eigenvalue weighted by atomic mass is 35.5. The van der Waals surface area contributed by atoms with Crippen LogP contribution >= 0.6 is 34.8 Å². The molecule has 0 bridgehead atoms. The summed E-state index contributed by atoms with van der Waals surface area (Å²) in [7, 11) is 1.00. The van der Waals surface area contributed by atoms with Gasteiger partial charge >= 0.3 is 0 Å². The van der Waals surface area contributed by atoms with E-state index in [4.69, 9.17) is 58.9 Å². The van der Waals surface area contributed by atoms with Gasteiger partial charge in [0.2, 0.25) is 10.6 Å². The number of hydrogen-bond acceptors (Lipinski definition) is 13. The van der Waals surface area contributed by atoms with Crippen molar-refractivity contribution in [1.82, 2.24) is 44.4 Å². The lowest BCUT2D eigenvalue weighted by Gasteiger charge is -2.28. The van der Waals surface area contributed by atoms with Gasteiger partial charge in [-0.15, -0.1) is 0 Å². The zero-order valence-electron chi connectivity index (χ0n) is 26.4. The van der Waals surface area contributed by atoms with Crippen molar-refractivity contribution >= 4 is 62.9 Å². The van der Waals surface area contributed by atoms with E-state index in [0.29, 0.717) is 24.4 Å². The smallest absolute Gasteiger partial charge is 0.226 e. The van der Waals surface area contributed by atoms with Crippen LogP contribution in [0.2, 0.25) is 15.7 Å². The Morgan fingerprint density at radius 3 is 1.72 bits per heavy atom. The molecule has 18 heteroatoms. The van der Waals surface area contributed by atoms with Crippen LogP contribution in [0.1, 0.15) is 51.0 Å². The molecule has 2 unspecified atom stereocenters. The van der Waals surface area contributed by atoms with E-state index < -0.39 is 0 Å². The maximum atomic E-state index is 7.00. The van der Waals surface area contributed by atoms with Gasteiger partial charge in [0.1, 0.15) is 18.0 Å². The maximum absolute atomic E-state index is 7.00. The second-order valence-electron chi connectivity index (χ2n) is 10.9. The van der Waals surface area contributed by atoms with Gasteiger partial charge in [-0.25, -0.2) is 15.0 Å². The summed E-state index contributed by atoms with van der Waals surface area (Å²) in [6, 6.07) is 0. The number of imidazole rings is 2. The highest BCUT2D eigenvalue weighted by molar-refractivity contribution is 6.35. The molecule has 4 aliphatic heterocycles. The van der Waals surface area contributed by atoms with Crippen molar-refractivity contribution in [3.8, 4) is 0 Å². The second-order valence-corrected chi connectivity index (χ2v) is 11.9. The van der Waals surface area contributed by atoms with E-state index in [9.17, 15) is 0 Å². The molecular weight excluding hydrogens is 675 g/mol. The van der Waals surface area contributed by atoms with Gasteiger partial charge in [-0.3, -0.25) is 9.13 Å². The summed E-state index contributed by atoms with van der Waals surface area (Å²) in [5.74, 6) is 0.785. The molecule has 4 saturated heterocycles. The monoisotopic (exact) mass is 714 g/mol. The fourth-order valence-corrected chi connectivity index (χ4v) is 6.13. The first-order valence-corrected chi connectivity index (χ1v) is 17.0. The van der Waals surface area contributed by atoms with Gasteiger partial charge in [-0.05, 0) is 61.7 Å². The van der Waals surface area contributed by atoms with Crippen LogP contribution in [0.25, 0.3) is 22.3 Å². The van der Waals surface area contributed by atoms with Gasteiger partial charge < -0.3 is 34.3 Å². The molecule has 4 aromatic rings. The minimum atomic E-state index is -0.0317. The van der Waals surface area contributed by atoms with Crippen LogP contribution in [-0.2, 0) is 18.9 Å². The van der Waals surface area contributed by atoms with Gasteiger partial charge in [-0.2, -0.15) is 15.0 Å². The molecule has 0 saturated carbocycles. The number of aliphatic hydroxyl groups excluding tert-OH is 1. The van der Waals surface area contributed by atoms with Crippen LogP contribution in [0.4, 0.5) is 5.82 Å². The number of fused-ring (bicyclic) bond motifs is 2. The first-order valence-electron chi connectivity index (χ1n) is 15.8. The van der Waals surface area contributed by atoms with E-state index in [0.717, 1.165) is 115 Å². The summed E-state index contributed by atoms with van der Waals surface area (Å²) in [5, 5.41) is 10.8. The first kappa shape index (κ1) is 35.8. The number of ether oxygens (including phenoxy) is 4. The number of nitrogens with one attached hydrogen (secondary N) is 1. The molecule has 0 aromatic carbocycles. The van der Waals surface area contributed by atoms with E-state index in [1.807, 2.05) is 9.13 Å². The average molecular weight is 716 g/mol. The number of hydrogen-bond donors (Lipinski definition) is 2. The Kier molecular flexibility index (Phi) is 14.0. The number of anilines is 1. The van der Waals surface area contributed by atoms with E-state index in [-0.39, 0.29) is 28.2 Å². The van der Waals surface area contributed by atoms with Crippen molar-refractivity contribution in [3.05, 3.63) is 28.4 Å². The Morgan fingerprint density at radius 2 is 1.21 bits per heavy atom. The highest BCUT2D eigenvalue weighted by Crippen LogP contribution is 2.31. The molecule has 2 N–H and O–H groups in total. The molecule has 4 fully saturated rings. The van der Waals surface area contributed by atoms with E-state index in [1.165, 1.54) is 0 Å². The SMILES string of the molecule is C1COCCN1.CO.Clc1nc(Cl)c2ncn(C3CCCCO3)c2n1.Clc1nc(N2CCOCC2)c2ncn(C3CCCCO3)c2n1. The van der Waals surface area contributed by atoms with Crippen molar-refractivity contribution in [1.29, 1.82) is 0 Å². The summed E-state index contributed by atoms with van der Waals surface area (Å²) < 4.78 is 25.8. The van der Waals surface area contributed by atoms with Crippen LogP contribution < -0.4 is 10.2 Å². The largest absolute Gasteiger partial charge is 0.400 e. The molecule has 258 valence electrons. The van der Waals surface area contributed by atoms with Crippen molar-refractivity contribution in [3.63, 3.8) is 0 Å². The summed E-state index contributed by atoms with van der Waals surface area (Å²) in [6.07, 6.45) is 9.84. The Bertz CT molecular complexity index is 1530. The number of nitrogens with zero attached hydrogens (tertiary/aromatic N) is 9. The fraction of sp³-hybridized carbons (Fsp3) is 0.655. The fourth-order valence-electron chi connectivity index (χ4n) is 5.55. The molecule has 0 amide bonds. The summed E-state index contributed by atoms with van der Waals surface area (Å²) >= 11 is 17.9. The van der Waals surface area contributed by atoms with Gasteiger partial charge in [0, 0.05) is 46.5 Å². The molecule has 0 aliphatic carbocycles. The predicted octanol–water partition coefficient (Wildman–Crippen LogP) is 4.06. The maximum Gasteiger partial charge on any atom is 0.226 e. The van der Waals surface area contributed by atoms with Crippen LogP contribution in [0.5, 0.6) is 0 Å². The summed E-state index contributed by atoms with van der Waals surface area (Å²) in [6.45, 7) is 8.33. The van der Waals surface area contributed by atoms with E-state index in [1.54, 1.807) is 12.7 Å². The second kappa shape index (κ2) is 18.3. The van der Waals surface area contributed by atoms with Crippen molar-refractivity contribution in [2.75, 3.05) is 77.8 Å². The lowest BCUT2D eigenvalue weighted by atomic mass is 10.2. The minimum Gasteiger partial charge on any atom is -0.400 e. The number of rotatable bonds is 3. The zero-order chi connectivity index (χ0) is 33.0. The average Bonchev–Trinajstić information content (AvgIpc) is 3.76. The molecule has 15 nitrogen and oxygen atoms in total. The molecule has 47 heavy (non-hydrogen) atoms. The van der Waals surface area contributed by atoms with Crippen LogP contribution in [0, 0.1) is 0 Å². The lowest BCUT2D eigenvalue weighted by molar-refractivity contribution is -0.0299. The normalized spacial score (nSPS) is 21.6. The molecule has 4 aromatic heterocycles. The Labute approximate surface area is 287 Å². The first-order chi connectivity index (χ1) is 23.1. The molecular formula is C29H41Cl3N10O5. The van der Waals surface area contributed by atoms with E-state index in [2.05, 4.69) is 40.1 Å². The van der Waals surface area contributed by atoms with E-state index >= 15 is 0 Å². The minimum absolute atomic E-state index is 0.0118. The molecule has 0 radical (unpaired) electrons. The number of halogens is 3. The molecule has 8 rings (SSSR count). The molecule has 2 atom stereocenters. The van der Waals surface area contributed by atoms with Crippen LogP contribution in [-0.4, -0.2) is 117 Å². The van der Waals surface area contributed by atoms with Gasteiger partial charge in [0.05, 0.1) is 39.1 Å². The summed E-state index contributed by atoms with van der Waals surface area (Å²) in [5.41, 5.74) is 2.71. The molecule has 0 spiro atoms. The van der Waals surface area contributed by atoms with Crippen molar-refractivity contribution in [2.45, 2.75) is 51.0 Å². The van der Waals surface area contributed by atoms with Gasteiger partial charge in [-0.1, -0.05) is 11.6 Å². The Hall–Kier alpha value is -2.47. The van der Waals surface area contributed by atoms with Crippen molar-refractivity contribution < 1.29 is 24.1 Å². The quantitative estimate of drug-likeness (QED) is 0.231. The topological polar surface area (TPSA) is 160 Å². The van der Waals surface area contributed by atoms with Crippen molar-refractivity contribution in [2.24, 2.45) is 0 Å². The van der Waals surface area contributed by atoms with Crippen LogP contribution in [0.3, 0.4) is 0 Å². The lowest BCUT2D eigenvalue weighted by Crippen LogP contribution is -2.37. The Morgan fingerprint density at radius 1 is 0.681 bits per heavy atom. The van der Waals surface area contributed by atoms with Gasteiger partial charge in [0.15, 0.2) is 27.8 Å². The standard InChI is InChI=1S/C14H18ClN5O2.C10H10Cl2N4O.C4H9NO.CH4O/c15-14-17-12(19-4-7-21-8-5-19)11-13(18-14)20(9-16-11)10-3-1-2-6-22-10;11-8-7-9(15-10(12)14-8)16(5-13-7)6-3-1-2-4-17-6;1-3-6-4-2-5-1;1-2/h9-10H,1-8H2;5-6H,1-4H2;5H,1-4H2;2H,1H3. The number of aromatic nitrogens is 8. The zero-order valence-corrected chi connectivity index (χ0v) is 28.6. The highest BCUT2D eigenvalue weighted by Gasteiger charge is 2.24. The Balaban J connectivity index is 0.000000153. The van der Waals surface area contributed by atoms with Crippen LogP contribution in [0.15, 0.2) is 12.7 Å². The predicted molar refractivity (Wildman–Crippen MR) is 178 cm³/mol. The molecule has 4 aliphatic rings. The number of aliphatic hydroxyl groups is 1. The van der Waals surface area contributed by atoms with Gasteiger partial charge in [0.25, 0.3) is 0 Å². The molecule has 8 heterocycles. The number of morpholine rings is 2.